The first-order chi connectivity index (χ1) is 10.5. The smallest absolute Gasteiger partial charge is 0.262 e. The van der Waals surface area contributed by atoms with Crippen molar-refractivity contribution in [3.63, 3.8) is 0 Å². The number of carbonyl (C=O) groups excluding carboxylic acids is 1. The molecule has 2 aromatic carbocycles. The zero-order valence-electron chi connectivity index (χ0n) is 11.6. The molecule has 1 amide bonds. The number of thioether (sulfide) groups is 1. The van der Waals surface area contributed by atoms with E-state index in [2.05, 4.69) is 4.99 Å². The summed E-state index contributed by atoms with van der Waals surface area (Å²) < 4.78 is 13.4. The van der Waals surface area contributed by atoms with E-state index in [0.29, 0.717) is 6.42 Å². The van der Waals surface area contributed by atoms with Gasteiger partial charge in [-0.3, -0.25) is 4.79 Å². The Morgan fingerprint density at radius 3 is 2.73 bits per heavy atom. The normalized spacial score (nSPS) is 16.1. The van der Waals surface area contributed by atoms with Crippen molar-refractivity contribution in [2.75, 3.05) is 0 Å². The van der Waals surface area contributed by atoms with E-state index in [1.54, 1.807) is 6.07 Å². The molecule has 4 N–H and O–H groups in total. The third-order valence-electron chi connectivity index (χ3n) is 3.44. The van der Waals surface area contributed by atoms with Crippen LogP contribution < -0.4 is 11.5 Å². The third kappa shape index (κ3) is 2.82. The number of benzene rings is 2. The van der Waals surface area contributed by atoms with Crippen LogP contribution in [-0.4, -0.2) is 17.1 Å². The molecule has 1 unspecified atom stereocenters. The van der Waals surface area contributed by atoms with Gasteiger partial charge in [-0.15, -0.1) is 11.8 Å². The number of nitrogens with zero attached hydrogens (tertiary/aromatic N) is 1. The van der Waals surface area contributed by atoms with Gasteiger partial charge in [0.25, 0.3) is 5.91 Å². The number of hydrogen-bond acceptors (Lipinski definition) is 2. The molecular weight excluding hydrogens is 301 g/mol. The quantitative estimate of drug-likeness (QED) is 0.658. The Labute approximate surface area is 131 Å². The van der Waals surface area contributed by atoms with Gasteiger partial charge in [0.1, 0.15) is 5.82 Å². The molecule has 0 fully saturated rings. The summed E-state index contributed by atoms with van der Waals surface area (Å²) in [6, 6.07) is 12.2. The van der Waals surface area contributed by atoms with E-state index in [9.17, 15) is 9.18 Å². The standard InChI is InChI=1S/C16H14FN3OS/c17-10-4-1-3-9(7-10)11-5-2-6-13-12(11)8-14(22-13)15(21)20-16(18)19/h1-7,14H,8H2,(H4,18,19,20,21). The highest BCUT2D eigenvalue weighted by Gasteiger charge is 2.30. The van der Waals surface area contributed by atoms with Crippen molar-refractivity contribution in [3.8, 4) is 11.1 Å². The largest absolute Gasteiger partial charge is 0.370 e. The van der Waals surface area contributed by atoms with Crippen molar-refractivity contribution in [3.05, 3.63) is 53.8 Å². The van der Waals surface area contributed by atoms with Gasteiger partial charge in [-0.2, -0.15) is 4.99 Å². The Kier molecular flexibility index (Phi) is 3.85. The lowest BCUT2D eigenvalue weighted by molar-refractivity contribution is -0.117. The molecule has 0 saturated heterocycles. The zero-order valence-corrected chi connectivity index (χ0v) is 12.4. The summed E-state index contributed by atoms with van der Waals surface area (Å²) in [5, 5.41) is -0.341. The van der Waals surface area contributed by atoms with Crippen LogP contribution in [0, 0.1) is 5.82 Å². The van der Waals surface area contributed by atoms with Crippen molar-refractivity contribution < 1.29 is 9.18 Å². The van der Waals surface area contributed by atoms with Gasteiger partial charge in [-0.05, 0) is 41.3 Å². The maximum Gasteiger partial charge on any atom is 0.262 e. The molecule has 0 aromatic heterocycles. The molecule has 1 aliphatic heterocycles. The summed E-state index contributed by atoms with van der Waals surface area (Å²) in [4.78, 5) is 16.6. The molecule has 0 aliphatic carbocycles. The van der Waals surface area contributed by atoms with E-state index < -0.39 is 0 Å². The highest BCUT2D eigenvalue weighted by Crippen LogP contribution is 2.42. The first-order valence-corrected chi connectivity index (χ1v) is 7.60. The molecule has 2 aromatic rings. The molecule has 1 aliphatic rings. The van der Waals surface area contributed by atoms with Crippen LogP contribution in [0.1, 0.15) is 5.56 Å². The molecule has 4 nitrogen and oxygen atoms in total. The van der Waals surface area contributed by atoms with E-state index in [1.165, 1.54) is 23.9 Å². The number of halogens is 1. The van der Waals surface area contributed by atoms with Gasteiger partial charge in [0.2, 0.25) is 0 Å². The van der Waals surface area contributed by atoms with Crippen molar-refractivity contribution in [2.24, 2.45) is 16.5 Å². The average molecular weight is 315 g/mol. The summed E-state index contributed by atoms with van der Waals surface area (Å²) in [6.45, 7) is 0. The average Bonchev–Trinajstić information content (AvgIpc) is 2.90. The van der Waals surface area contributed by atoms with Crippen LogP contribution >= 0.6 is 11.8 Å². The minimum atomic E-state index is -0.341. The topological polar surface area (TPSA) is 81.5 Å². The molecule has 3 rings (SSSR count). The maximum atomic E-state index is 13.4. The molecule has 0 radical (unpaired) electrons. The Balaban J connectivity index is 1.96. The summed E-state index contributed by atoms with van der Waals surface area (Å²) >= 11 is 1.44. The lowest BCUT2D eigenvalue weighted by Gasteiger charge is -2.08. The van der Waals surface area contributed by atoms with E-state index in [-0.39, 0.29) is 22.9 Å². The summed E-state index contributed by atoms with van der Waals surface area (Å²) in [7, 11) is 0. The summed E-state index contributed by atoms with van der Waals surface area (Å²) in [5.41, 5.74) is 13.3. The number of guanidine groups is 1. The zero-order chi connectivity index (χ0) is 15.7. The second-order valence-electron chi connectivity index (χ2n) is 4.98. The van der Waals surface area contributed by atoms with Gasteiger partial charge in [-0.1, -0.05) is 24.3 Å². The lowest BCUT2D eigenvalue weighted by Crippen LogP contribution is -2.27. The van der Waals surface area contributed by atoms with E-state index in [1.807, 2.05) is 24.3 Å². The Hall–Kier alpha value is -2.34. The van der Waals surface area contributed by atoms with Crippen LogP contribution in [0.25, 0.3) is 11.1 Å². The van der Waals surface area contributed by atoms with E-state index >= 15 is 0 Å². The second kappa shape index (κ2) is 5.81. The fourth-order valence-corrected chi connectivity index (χ4v) is 3.73. The monoisotopic (exact) mass is 315 g/mol. The van der Waals surface area contributed by atoms with Gasteiger partial charge >= 0.3 is 0 Å². The Morgan fingerprint density at radius 2 is 2.00 bits per heavy atom. The van der Waals surface area contributed by atoms with Gasteiger partial charge in [0, 0.05) is 4.90 Å². The van der Waals surface area contributed by atoms with Gasteiger partial charge in [0.15, 0.2) is 5.96 Å². The predicted molar refractivity (Wildman–Crippen MR) is 86.0 cm³/mol. The van der Waals surface area contributed by atoms with Crippen molar-refractivity contribution in [2.45, 2.75) is 16.6 Å². The van der Waals surface area contributed by atoms with Crippen LogP contribution in [0.5, 0.6) is 0 Å². The molecule has 1 atom stereocenters. The molecule has 0 bridgehead atoms. The van der Waals surface area contributed by atoms with Crippen LogP contribution in [0.3, 0.4) is 0 Å². The molecular formula is C16H14FN3OS. The predicted octanol–water partition coefficient (Wildman–Crippen LogP) is 2.31. The minimum Gasteiger partial charge on any atom is -0.370 e. The first-order valence-electron chi connectivity index (χ1n) is 6.72. The minimum absolute atomic E-state index is 0.230. The van der Waals surface area contributed by atoms with Crippen LogP contribution in [0.2, 0.25) is 0 Å². The Morgan fingerprint density at radius 1 is 1.23 bits per heavy atom. The highest BCUT2D eigenvalue weighted by molar-refractivity contribution is 8.01. The molecule has 112 valence electrons. The second-order valence-corrected chi connectivity index (χ2v) is 6.22. The molecule has 22 heavy (non-hydrogen) atoms. The van der Waals surface area contributed by atoms with Crippen molar-refractivity contribution in [1.82, 2.24) is 0 Å². The number of fused-ring (bicyclic) bond motifs is 1. The van der Waals surface area contributed by atoms with Crippen LogP contribution in [-0.2, 0) is 11.2 Å². The number of rotatable bonds is 2. The van der Waals surface area contributed by atoms with Crippen LogP contribution in [0.4, 0.5) is 4.39 Å². The summed E-state index contributed by atoms with van der Waals surface area (Å²) in [5.74, 6) is -0.854. The molecule has 1 heterocycles. The molecule has 6 heteroatoms. The van der Waals surface area contributed by atoms with E-state index in [4.69, 9.17) is 11.5 Å². The molecule has 0 saturated carbocycles. The first kappa shape index (κ1) is 14.6. The number of nitrogens with two attached hydrogens (primary N) is 2. The number of carbonyl (C=O) groups is 1. The van der Waals surface area contributed by atoms with Crippen molar-refractivity contribution in [1.29, 1.82) is 0 Å². The lowest BCUT2D eigenvalue weighted by atomic mass is 9.96. The van der Waals surface area contributed by atoms with Gasteiger partial charge in [0.05, 0.1) is 5.25 Å². The van der Waals surface area contributed by atoms with Crippen molar-refractivity contribution >= 4 is 23.6 Å². The van der Waals surface area contributed by atoms with Gasteiger partial charge < -0.3 is 11.5 Å². The number of hydrogen-bond donors (Lipinski definition) is 2. The fourth-order valence-electron chi connectivity index (χ4n) is 2.53. The van der Waals surface area contributed by atoms with Crippen LogP contribution in [0.15, 0.2) is 52.4 Å². The Bertz CT molecular complexity index is 772. The van der Waals surface area contributed by atoms with E-state index in [0.717, 1.165) is 21.6 Å². The number of amides is 1. The fraction of sp³-hybridized carbons (Fsp3) is 0.125. The maximum absolute atomic E-state index is 13.4. The third-order valence-corrected chi connectivity index (χ3v) is 4.73. The molecule has 0 spiro atoms. The summed E-state index contributed by atoms with van der Waals surface area (Å²) in [6.07, 6.45) is 0.530. The van der Waals surface area contributed by atoms with Gasteiger partial charge in [-0.25, -0.2) is 4.39 Å². The number of aliphatic imine (C=N–C) groups is 1. The SMILES string of the molecule is NC(N)=NC(=O)C1Cc2c(cccc2-c2cccc(F)c2)S1. The highest BCUT2D eigenvalue weighted by atomic mass is 32.2.